The molecule has 1 aromatic carbocycles. The van der Waals surface area contributed by atoms with Crippen molar-refractivity contribution in [3.05, 3.63) is 52.4 Å². The Bertz CT molecular complexity index is 742. The number of nitrogens with one attached hydrogen (secondary N) is 1. The van der Waals surface area contributed by atoms with E-state index in [9.17, 15) is 9.59 Å². The van der Waals surface area contributed by atoms with E-state index in [4.69, 9.17) is 4.74 Å². The highest BCUT2D eigenvalue weighted by atomic mass is 32.2. The summed E-state index contributed by atoms with van der Waals surface area (Å²) >= 11 is 1.25. The number of likely N-dealkylation sites (tertiary alicyclic amines) is 1. The number of amides is 1. The van der Waals surface area contributed by atoms with Crippen LogP contribution in [0.25, 0.3) is 0 Å². The van der Waals surface area contributed by atoms with Crippen LogP contribution in [0.3, 0.4) is 0 Å². The Morgan fingerprint density at radius 1 is 1.25 bits per heavy atom. The number of aromatic amines is 1. The highest BCUT2D eigenvalue weighted by Crippen LogP contribution is 2.16. The number of hydrogen-bond donors (Lipinski definition) is 1. The smallest absolute Gasteiger partial charge is 0.251 e. The van der Waals surface area contributed by atoms with Crippen LogP contribution in [-0.2, 0) is 11.4 Å². The molecule has 126 valence electrons. The van der Waals surface area contributed by atoms with Gasteiger partial charge in [-0.15, -0.1) is 0 Å². The second kappa shape index (κ2) is 8.01. The summed E-state index contributed by atoms with van der Waals surface area (Å²) in [5, 5.41) is 0.446. The van der Waals surface area contributed by atoms with Crippen LogP contribution in [0, 0.1) is 0 Å². The Hall–Kier alpha value is -2.28. The third-order valence-corrected chi connectivity index (χ3v) is 4.55. The predicted molar refractivity (Wildman–Crippen MR) is 92.2 cm³/mol. The molecule has 1 aliphatic heterocycles. The zero-order valence-corrected chi connectivity index (χ0v) is 14.1. The Morgan fingerprint density at radius 3 is 2.75 bits per heavy atom. The molecule has 0 aliphatic carbocycles. The molecule has 0 saturated carbocycles. The van der Waals surface area contributed by atoms with Gasteiger partial charge >= 0.3 is 0 Å². The fourth-order valence-corrected chi connectivity index (χ4v) is 3.29. The summed E-state index contributed by atoms with van der Waals surface area (Å²) in [7, 11) is 0. The maximum atomic E-state index is 12.1. The maximum Gasteiger partial charge on any atom is 0.251 e. The van der Waals surface area contributed by atoms with Gasteiger partial charge < -0.3 is 14.6 Å². The van der Waals surface area contributed by atoms with Gasteiger partial charge in [0.1, 0.15) is 12.4 Å². The number of thioether (sulfide) groups is 1. The monoisotopic (exact) mass is 345 g/mol. The van der Waals surface area contributed by atoms with Crippen molar-refractivity contribution in [1.29, 1.82) is 0 Å². The number of nitrogens with zero attached hydrogens (tertiary/aromatic N) is 2. The third kappa shape index (κ3) is 4.61. The highest BCUT2D eigenvalue weighted by molar-refractivity contribution is 7.99. The van der Waals surface area contributed by atoms with E-state index in [0.29, 0.717) is 10.9 Å². The summed E-state index contributed by atoms with van der Waals surface area (Å²) in [4.78, 5) is 32.7. The molecule has 3 rings (SSSR count). The van der Waals surface area contributed by atoms with Crippen LogP contribution in [0.15, 0.2) is 46.3 Å². The molecule has 0 radical (unpaired) electrons. The number of hydrogen-bond acceptors (Lipinski definition) is 5. The molecule has 1 N–H and O–H groups in total. The largest absolute Gasteiger partial charge is 0.487 e. The van der Waals surface area contributed by atoms with Crippen LogP contribution in [0.2, 0.25) is 0 Å². The molecule has 7 heteroatoms. The molecule has 2 heterocycles. The van der Waals surface area contributed by atoms with Crippen molar-refractivity contribution in [2.24, 2.45) is 0 Å². The first kappa shape index (κ1) is 16.6. The lowest BCUT2D eigenvalue weighted by molar-refractivity contribution is -0.127. The van der Waals surface area contributed by atoms with Crippen molar-refractivity contribution in [2.75, 3.05) is 18.8 Å². The van der Waals surface area contributed by atoms with E-state index in [0.717, 1.165) is 31.7 Å². The van der Waals surface area contributed by atoms with Crippen molar-refractivity contribution in [1.82, 2.24) is 14.9 Å². The summed E-state index contributed by atoms with van der Waals surface area (Å²) in [6, 6.07) is 10.8. The van der Waals surface area contributed by atoms with E-state index in [1.165, 1.54) is 17.8 Å². The summed E-state index contributed by atoms with van der Waals surface area (Å²) in [5.41, 5.74) is 0.298. The molecule has 2 aromatic rings. The summed E-state index contributed by atoms with van der Waals surface area (Å²) in [6.07, 6.45) is 2.13. The topological polar surface area (TPSA) is 75.3 Å². The van der Waals surface area contributed by atoms with Gasteiger partial charge in [-0.05, 0) is 25.0 Å². The minimum atomic E-state index is -0.243. The molecule has 1 aliphatic rings. The lowest BCUT2D eigenvalue weighted by atomic mass is 10.3. The first-order chi connectivity index (χ1) is 11.7. The van der Waals surface area contributed by atoms with Crippen molar-refractivity contribution < 1.29 is 9.53 Å². The normalized spacial score (nSPS) is 13.9. The molecule has 1 amide bonds. The average molecular weight is 345 g/mol. The molecule has 1 fully saturated rings. The molecule has 0 atom stereocenters. The number of benzene rings is 1. The quantitative estimate of drug-likeness (QED) is 0.641. The Morgan fingerprint density at radius 2 is 2.00 bits per heavy atom. The van der Waals surface area contributed by atoms with Crippen LogP contribution in [0.1, 0.15) is 18.5 Å². The molecule has 0 bridgehead atoms. The molecule has 24 heavy (non-hydrogen) atoms. The molecule has 1 aromatic heterocycles. The number of carbonyl (C=O) groups excluding carboxylic acids is 1. The van der Waals surface area contributed by atoms with Crippen LogP contribution in [0.4, 0.5) is 0 Å². The number of ether oxygens (including phenoxy) is 1. The lowest BCUT2D eigenvalue weighted by Gasteiger charge is -2.14. The summed E-state index contributed by atoms with van der Waals surface area (Å²) < 4.78 is 5.61. The number of rotatable bonds is 6. The van der Waals surface area contributed by atoms with Gasteiger partial charge in [0, 0.05) is 19.2 Å². The minimum absolute atomic E-state index is 0.0890. The molecular weight excluding hydrogens is 326 g/mol. The van der Waals surface area contributed by atoms with Crippen molar-refractivity contribution in [3.63, 3.8) is 0 Å². The zero-order chi connectivity index (χ0) is 16.8. The number of para-hydroxylation sites is 1. The lowest BCUT2D eigenvalue weighted by Crippen LogP contribution is -2.29. The molecule has 0 spiro atoms. The number of aromatic nitrogens is 2. The van der Waals surface area contributed by atoms with Gasteiger partial charge in [-0.2, -0.15) is 0 Å². The van der Waals surface area contributed by atoms with Crippen LogP contribution in [-0.4, -0.2) is 39.6 Å². The first-order valence-electron chi connectivity index (χ1n) is 7.89. The van der Waals surface area contributed by atoms with Crippen molar-refractivity contribution >= 4 is 17.7 Å². The van der Waals surface area contributed by atoms with E-state index in [-0.39, 0.29) is 23.8 Å². The van der Waals surface area contributed by atoms with Gasteiger partial charge in [-0.1, -0.05) is 30.0 Å². The van der Waals surface area contributed by atoms with Gasteiger partial charge in [0.25, 0.3) is 5.56 Å². The average Bonchev–Trinajstić information content (AvgIpc) is 3.13. The molecule has 6 nitrogen and oxygen atoms in total. The van der Waals surface area contributed by atoms with Gasteiger partial charge in [0.05, 0.1) is 11.4 Å². The van der Waals surface area contributed by atoms with E-state index < -0.39 is 0 Å². The van der Waals surface area contributed by atoms with Crippen molar-refractivity contribution in [3.8, 4) is 5.75 Å². The molecule has 0 unspecified atom stereocenters. The fraction of sp³-hybridized carbons (Fsp3) is 0.353. The zero-order valence-electron chi connectivity index (χ0n) is 13.2. The van der Waals surface area contributed by atoms with E-state index in [1.807, 2.05) is 35.2 Å². The van der Waals surface area contributed by atoms with Crippen LogP contribution in [0.5, 0.6) is 5.75 Å². The Kier molecular flexibility index (Phi) is 5.53. The number of carbonyl (C=O) groups is 1. The van der Waals surface area contributed by atoms with E-state index >= 15 is 0 Å². The minimum Gasteiger partial charge on any atom is -0.487 e. The van der Waals surface area contributed by atoms with E-state index in [2.05, 4.69) is 9.97 Å². The second-order valence-electron chi connectivity index (χ2n) is 5.52. The first-order valence-corrected chi connectivity index (χ1v) is 8.88. The standard InChI is InChI=1S/C17H19N3O3S/c21-15-10-13(11-23-14-6-2-1-3-7-14)18-17(19-15)24-12-16(22)20-8-4-5-9-20/h1-3,6-7,10H,4-5,8-9,11-12H2,(H,18,19,21). The SMILES string of the molecule is O=C(CSc1nc(COc2ccccc2)cc(=O)[nH]1)N1CCCC1. The fourth-order valence-electron chi connectivity index (χ4n) is 2.49. The van der Waals surface area contributed by atoms with Gasteiger partial charge in [-0.3, -0.25) is 9.59 Å². The number of H-pyrrole nitrogens is 1. The van der Waals surface area contributed by atoms with Crippen molar-refractivity contribution in [2.45, 2.75) is 24.6 Å². The maximum absolute atomic E-state index is 12.1. The highest BCUT2D eigenvalue weighted by Gasteiger charge is 2.18. The van der Waals surface area contributed by atoms with E-state index in [1.54, 1.807) is 0 Å². The molecular formula is C17H19N3O3S. The van der Waals surface area contributed by atoms with Gasteiger partial charge in [-0.25, -0.2) is 4.98 Å². The van der Waals surface area contributed by atoms with Crippen LogP contribution < -0.4 is 10.3 Å². The third-order valence-electron chi connectivity index (χ3n) is 3.69. The Labute approximate surface area is 144 Å². The van der Waals surface area contributed by atoms with Crippen LogP contribution >= 0.6 is 11.8 Å². The predicted octanol–water partition coefficient (Wildman–Crippen LogP) is 2.06. The summed E-state index contributed by atoms with van der Waals surface area (Å²) in [5.74, 6) is 1.09. The summed E-state index contributed by atoms with van der Waals surface area (Å²) in [6.45, 7) is 1.87. The molecule has 1 saturated heterocycles. The van der Waals surface area contributed by atoms with Gasteiger partial charge in [0.2, 0.25) is 5.91 Å². The van der Waals surface area contributed by atoms with Gasteiger partial charge in [0.15, 0.2) is 5.16 Å². The Balaban J connectivity index is 1.58. The second-order valence-corrected chi connectivity index (χ2v) is 6.48.